The first-order valence-electron chi connectivity index (χ1n) is 6.97. The van der Waals surface area contributed by atoms with Gasteiger partial charge in [0.15, 0.2) is 0 Å². The van der Waals surface area contributed by atoms with Gasteiger partial charge in [-0.15, -0.1) is 0 Å². The van der Waals surface area contributed by atoms with Crippen molar-refractivity contribution in [3.63, 3.8) is 0 Å². The van der Waals surface area contributed by atoms with Crippen LogP contribution in [0.2, 0.25) is 0 Å². The van der Waals surface area contributed by atoms with E-state index in [1.165, 1.54) is 0 Å². The molecular weight excluding hydrogens is 254 g/mol. The molecule has 0 aliphatic carbocycles. The second kappa shape index (κ2) is 5.75. The van der Waals surface area contributed by atoms with Crippen molar-refractivity contribution in [3.05, 3.63) is 28.8 Å². The molecule has 0 bridgehead atoms. The van der Waals surface area contributed by atoms with Crippen LogP contribution < -0.4 is 4.90 Å². The molecule has 1 aromatic rings. The first kappa shape index (κ1) is 14.7. The van der Waals surface area contributed by atoms with Gasteiger partial charge in [0, 0.05) is 13.2 Å². The molecule has 1 amide bonds. The van der Waals surface area contributed by atoms with E-state index in [1.807, 2.05) is 19.9 Å². The lowest BCUT2D eigenvalue weighted by molar-refractivity contribution is -0.114. The largest absolute Gasteiger partial charge is 0.379 e. The van der Waals surface area contributed by atoms with Gasteiger partial charge in [0.25, 0.3) is 11.7 Å². The molecule has 0 N–H and O–H groups in total. The molecule has 0 saturated heterocycles. The molecular formula is C16H21NO3. The third-order valence-corrected chi connectivity index (χ3v) is 3.31. The van der Waals surface area contributed by atoms with Crippen LogP contribution in [0.25, 0.3) is 0 Å². The fraction of sp³-hybridized carbons (Fsp3) is 0.500. The van der Waals surface area contributed by atoms with Gasteiger partial charge >= 0.3 is 0 Å². The molecule has 2 rings (SSSR count). The summed E-state index contributed by atoms with van der Waals surface area (Å²) in [5.41, 5.74) is 3.23. The summed E-state index contributed by atoms with van der Waals surface area (Å²) in [7, 11) is 0. The van der Waals surface area contributed by atoms with Crippen molar-refractivity contribution >= 4 is 17.4 Å². The third-order valence-electron chi connectivity index (χ3n) is 3.31. The lowest BCUT2D eigenvalue weighted by atomic mass is 10.0. The molecule has 0 fully saturated rings. The van der Waals surface area contributed by atoms with Crippen LogP contribution in [-0.4, -0.2) is 31.4 Å². The highest BCUT2D eigenvalue weighted by Gasteiger charge is 2.36. The number of rotatable bonds is 5. The Morgan fingerprint density at radius 3 is 2.55 bits per heavy atom. The minimum Gasteiger partial charge on any atom is -0.379 e. The van der Waals surface area contributed by atoms with Gasteiger partial charge in [0.1, 0.15) is 0 Å². The van der Waals surface area contributed by atoms with Gasteiger partial charge in [-0.05, 0) is 37.0 Å². The highest BCUT2D eigenvalue weighted by Crippen LogP contribution is 2.33. The number of Topliss-reactive ketones (excluding diaryl/α,β-unsaturated/α-hetero) is 1. The van der Waals surface area contributed by atoms with Crippen molar-refractivity contribution in [1.29, 1.82) is 0 Å². The topological polar surface area (TPSA) is 46.6 Å². The number of amides is 1. The Hall–Kier alpha value is -1.68. The van der Waals surface area contributed by atoms with E-state index in [0.717, 1.165) is 16.8 Å². The van der Waals surface area contributed by atoms with Crippen LogP contribution in [0, 0.1) is 19.8 Å². The smallest absolute Gasteiger partial charge is 0.299 e. The molecule has 20 heavy (non-hydrogen) atoms. The summed E-state index contributed by atoms with van der Waals surface area (Å²) in [5.74, 6) is -0.389. The SMILES string of the molecule is Cc1cc(C)c2c(c1)C(=O)C(=O)N2CCOCC(C)C. The van der Waals surface area contributed by atoms with Gasteiger partial charge < -0.3 is 9.64 Å². The third kappa shape index (κ3) is 2.75. The zero-order valence-corrected chi connectivity index (χ0v) is 12.5. The van der Waals surface area contributed by atoms with Gasteiger partial charge in [0.05, 0.1) is 17.9 Å². The summed E-state index contributed by atoms with van der Waals surface area (Å²) >= 11 is 0. The Balaban J connectivity index is 2.16. The minimum absolute atomic E-state index is 0.407. The predicted octanol–water partition coefficient (Wildman–Crippen LogP) is 2.51. The number of hydrogen-bond acceptors (Lipinski definition) is 3. The quantitative estimate of drug-likeness (QED) is 0.612. The monoisotopic (exact) mass is 275 g/mol. The average molecular weight is 275 g/mol. The predicted molar refractivity (Wildman–Crippen MR) is 78.3 cm³/mol. The van der Waals surface area contributed by atoms with Crippen molar-refractivity contribution in [2.24, 2.45) is 5.92 Å². The van der Waals surface area contributed by atoms with Crippen molar-refractivity contribution in [1.82, 2.24) is 0 Å². The zero-order valence-electron chi connectivity index (χ0n) is 12.5. The van der Waals surface area contributed by atoms with E-state index in [9.17, 15) is 9.59 Å². The molecule has 0 spiro atoms. The van der Waals surface area contributed by atoms with Crippen LogP contribution in [0.3, 0.4) is 0 Å². The van der Waals surface area contributed by atoms with Crippen LogP contribution >= 0.6 is 0 Å². The lowest BCUT2D eigenvalue weighted by Crippen LogP contribution is -2.33. The maximum Gasteiger partial charge on any atom is 0.299 e. The maximum atomic E-state index is 12.1. The molecule has 4 heteroatoms. The highest BCUT2D eigenvalue weighted by atomic mass is 16.5. The number of anilines is 1. The van der Waals surface area contributed by atoms with E-state index >= 15 is 0 Å². The Bertz CT molecular complexity index is 549. The van der Waals surface area contributed by atoms with Gasteiger partial charge in [-0.2, -0.15) is 0 Å². The molecule has 1 aliphatic rings. The maximum absolute atomic E-state index is 12.1. The standard InChI is InChI=1S/C16H21NO3/c1-10(2)9-20-6-5-17-14-12(4)7-11(3)8-13(14)15(18)16(17)19/h7-8,10H,5-6,9H2,1-4H3. The van der Waals surface area contributed by atoms with Gasteiger partial charge in [-0.1, -0.05) is 19.9 Å². The lowest BCUT2D eigenvalue weighted by Gasteiger charge is -2.19. The number of carbonyl (C=O) groups excluding carboxylic acids is 2. The van der Waals surface area contributed by atoms with Crippen molar-refractivity contribution in [2.45, 2.75) is 27.7 Å². The Kier molecular flexibility index (Phi) is 4.23. The summed E-state index contributed by atoms with van der Waals surface area (Å²) < 4.78 is 5.51. The molecule has 0 saturated carbocycles. The number of hydrogen-bond donors (Lipinski definition) is 0. The second-order valence-corrected chi connectivity index (χ2v) is 5.73. The number of ether oxygens (including phenoxy) is 1. The first-order valence-corrected chi connectivity index (χ1v) is 6.97. The molecule has 0 atom stereocenters. The summed E-state index contributed by atoms with van der Waals surface area (Å²) in [6.45, 7) is 9.55. The fourth-order valence-electron chi connectivity index (χ4n) is 2.52. The summed E-state index contributed by atoms with van der Waals surface area (Å²) in [4.78, 5) is 25.6. The van der Waals surface area contributed by atoms with Crippen molar-refractivity contribution in [2.75, 3.05) is 24.7 Å². The number of carbonyl (C=O) groups is 2. The summed E-state index contributed by atoms with van der Waals surface area (Å²) in [6.07, 6.45) is 0. The Morgan fingerprint density at radius 2 is 1.90 bits per heavy atom. The molecule has 0 aromatic heterocycles. The Morgan fingerprint density at radius 1 is 1.20 bits per heavy atom. The van der Waals surface area contributed by atoms with Crippen LogP contribution in [0.4, 0.5) is 5.69 Å². The molecule has 1 heterocycles. The molecule has 1 aromatic carbocycles. The van der Waals surface area contributed by atoms with Crippen molar-refractivity contribution < 1.29 is 14.3 Å². The van der Waals surface area contributed by atoms with Crippen LogP contribution in [-0.2, 0) is 9.53 Å². The average Bonchev–Trinajstić information content (AvgIpc) is 2.59. The summed E-state index contributed by atoms with van der Waals surface area (Å²) in [5, 5.41) is 0. The first-order chi connectivity index (χ1) is 9.41. The fourth-order valence-corrected chi connectivity index (χ4v) is 2.52. The molecule has 0 unspecified atom stereocenters. The summed E-state index contributed by atoms with van der Waals surface area (Å²) in [6, 6.07) is 3.78. The highest BCUT2D eigenvalue weighted by molar-refractivity contribution is 6.52. The van der Waals surface area contributed by atoms with E-state index in [2.05, 4.69) is 13.8 Å². The Labute approximate surface area is 119 Å². The molecule has 4 nitrogen and oxygen atoms in total. The molecule has 108 valence electrons. The van der Waals surface area contributed by atoms with Crippen LogP contribution in [0.15, 0.2) is 12.1 Å². The second-order valence-electron chi connectivity index (χ2n) is 5.73. The number of benzene rings is 1. The van der Waals surface area contributed by atoms with E-state index in [1.54, 1.807) is 11.0 Å². The molecule has 0 radical (unpaired) electrons. The number of nitrogens with zero attached hydrogens (tertiary/aromatic N) is 1. The van der Waals surface area contributed by atoms with Crippen LogP contribution in [0.5, 0.6) is 0 Å². The van der Waals surface area contributed by atoms with E-state index in [-0.39, 0.29) is 0 Å². The normalized spacial score (nSPS) is 14.3. The van der Waals surface area contributed by atoms with Gasteiger partial charge in [0.2, 0.25) is 0 Å². The van der Waals surface area contributed by atoms with Gasteiger partial charge in [-0.25, -0.2) is 0 Å². The van der Waals surface area contributed by atoms with Crippen LogP contribution in [0.1, 0.15) is 35.3 Å². The zero-order chi connectivity index (χ0) is 14.9. The molecule has 1 aliphatic heterocycles. The number of aryl methyl sites for hydroxylation is 2. The number of ketones is 1. The number of fused-ring (bicyclic) bond motifs is 1. The van der Waals surface area contributed by atoms with E-state index < -0.39 is 11.7 Å². The van der Waals surface area contributed by atoms with E-state index in [0.29, 0.717) is 31.2 Å². The van der Waals surface area contributed by atoms with E-state index in [4.69, 9.17) is 4.74 Å². The van der Waals surface area contributed by atoms with Gasteiger partial charge in [-0.3, -0.25) is 9.59 Å². The minimum atomic E-state index is -0.443. The van der Waals surface area contributed by atoms with Crippen molar-refractivity contribution in [3.8, 4) is 0 Å².